The molecular weight excluding hydrogens is 266 g/mol. The van der Waals surface area contributed by atoms with Crippen LogP contribution in [0.25, 0.3) is 0 Å². The minimum absolute atomic E-state index is 0.103. The van der Waals surface area contributed by atoms with E-state index < -0.39 is 0 Å². The van der Waals surface area contributed by atoms with Crippen LogP contribution in [0, 0.1) is 0 Å². The maximum atomic E-state index is 12.5. The molecule has 0 fully saturated rings. The molecule has 1 amide bonds. The molecule has 0 aliphatic heterocycles. The summed E-state index contributed by atoms with van der Waals surface area (Å²) in [5.41, 5.74) is 1.45. The summed E-state index contributed by atoms with van der Waals surface area (Å²) in [5.74, 6) is 0.764. The number of rotatable bonds is 5. The van der Waals surface area contributed by atoms with Crippen LogP contribution < -0.4 is 14.8 Å². The van der Waals surface area contributed by atoms with Crippen molar-refractivity contribution in [1.29, 1.82) is 0 Å². The summed E-state index contributed by atoms with van der Waals surface area (Å²) in [5, 5.41) is 2.96. The molecule has 2 rings (SSSR count). The Morgan fingerprint density at radius 1 is 0.952 bits per heavy atom. The van der Waals surface area contributed by atoms with E-state index in [1.807, 2.05) is 37.3 Å². The molecule has 2 aromatic carbocycles. The fourth-order valence-electron chi connectivity index (χ4n) is 2.17. The third kappa shape index (κ3) is 3.34. The number of carbonyl (C=O) groups excluding carboxylic acids is 1. The van der Waals surface area contributed by atoms with Gasteiger partial charge in [-0.1, -0.05) is 36.4 Å². The topological polar surface area (TPSA) is 47.6 Å². The van der Waals surface area contributed by atoms with Crippen LogP contribution in [0.15, 0.2) is 48.5 Å². The molecule has 1 N–H and O–H groups in total. The highest BCUT2D eigenvalue weighted by Gasteiger charge is 2.20. The number of benzene rings is 2. The van der Waals surface area contributed by atoms with Gasteiger partial charge in [-0.05, 0) is 24.6 Å². The smallest absolute Gasteiger partial charge is 0.259 e. The summed E-state index contributed by atoms with van der Waals surface area (Å²) in [6.07, 6.45) is 0. The zero-order chi connectivity index (χ0) is 15.2. The highest BCUT2D eigenvalue weighted by atomic mass is 16.5. The van der Waals surface area contributed by atoms with Gasteiger partial charge in [-0.2, -0.15) is 0 Å². The van der Waals surface area contributed by atoms with E-state index >= 15 is 0 Å². The van der Waals surface area contributed by atoms with Gasteiger partial charge >= 0.3 is 0 Å². The predicted molar refractivity (Wildman–Crippen MR) is 81.9 cm³/mol. The first-order chi connectivity index (χ1) is 10.2. The SMILES string of the molecule is COc1cccc(OC)c1C(=O)N[C@@H](C)c1ccccc1. The number of carbonyl (C=O) groups is 1. The molecule has 0 heterocycles. The van der Waals surface area contributed by atoms with Crippen molar-refractivity contribution in [3.8, 4) is 11.5 Å². The van der Waals surface area contributed by atoms with Crippen LogP contribution in [0.5, 0.6) is 11.5 Å². The van der Waals surface area contributed by atoms with Crippen molar-refractivity contribution in [2.75, 3.05) is 14.2 Å². The summed E-state index contributed by atoms with van der Waals surface area (Å²) >= 11 is 0. The highest BCUT2D eigenvalue weighted by Crippen LogP contribution is 2.28. The fourth-order valence-corrected chi connectivity index (χ4v) is 2.17. The van der Waals surface area contributed by atoms with E-state index in [1.54, 1.807) is 18.2 Å². The molecule has 4 heteroatoms. The molecule has 0 aromatic heterocycles. The van der Waals surface area contributed by atoms with Gasteiger partial charge in [-0.15, -0.1) is 0 Å². The van der Waals surface area contributed by atoms with E-state index in [0.717, 1.165) is 5.56 Å². The minimum atomic E-state index is -0.222. The number of nitrogens with one attached hydrogen (secondary N) is 1. The van der Waals surface area contributed by atoms with Crippen molar-refractivity contribution in [2.45, 2.75) is 13.0 Å². The first-order valence-electron chi connectivity index (χ1n) is 6.74. The lowest BCUT2D eigenvalue weighted by Crippen LogP contribution is -2.27. The van der Waals surface area contributed by atoms with Crippen LogP contribution in [0.3, 0.4) is 0 Å². The number of hydrogen-bond acceptors (Lipinski definition) is 3. The quantitative estimate of drug-likeness (QED) is 0.917. The van der Waals surface area contributed by atoms with Crippen molar-refractivity contribution >= 4 is 5.91 Å². The maximum Gasteiger partial charge on any atom is 0.259 e. The Balaban J connectivity index is 2.25. The largest absolute Gasteiger partial charge is 0.496 e. The molecule has 0 aliphatic rings. The molecular formula is C17H19NO3. The Bertz CT molecular complexity index is 588. The van der Waals surface area contributed by atoms with Crippen LogP contribution in [0.4, 0.5) is 0 Å². The Morgan fingerprint density at radius 2 is 1.52 bits per heavy atom. The zero-order valence-corrected chi connectivity index (χ0v) is 12.4. The number of hydrogen-bond donors (Lipinski definition) is 1. The Kier molecular flexibility index (Phi) is 4.82. The highest BCUT2D eigenvalue weighted by molar-refractivity contribution is 5.99. The third-order valence-corrected chi connectivity index (χ3v) is 3.30. The summed E-state index contributed by atoms with van der Waals surface area (Å²) < 4.78 is 10.5. The van der Waals surface area contributed by atoms with E-state index in [2.05, 4.69) is 5.32 Å². The molecule has 0 saturated heterocycles. The van der Waals surface area contributed by atoms with Gasteiger partial charge < -0.3 is 14.8 Å². The summed E-state index contributed by atoms with van der Waals surface area (Å²) in [4.78, 5) is 12.5. The van der Waals surface area contributed by atoms with E-state index in [4.69, 9.17) is 9.47 Å². The van der Waals surface area contributed by atoms with Gasteiger partial charge in [-0.3, -0.25) is 4.79 Å². The van der Waals surface area contributed by atoms with Gasteiger partial charge in [0.15, 0.2) is 0 Å². The van der Waals surface area contributed by atoms with Gasteiger partial charge in [0, 0.05) is 0 Å². The standard InChI is InChI=1S/C17H19NO3/c1-12(13-8-5-4-6-9-13)18-17(19)16-14(20-2)10-7-11-15(16)21-3/h4-12H,1-3H3,(H,18,19)/t12-/m0/s1. The van der Waals surface area contributed by atoms with Gasteiger partial charge in [0.05, 0.1) is 20.3 Å². The second-order valence-corrected chi connectivity index (χ2v) is 4.64. The van der Waals surface area contributed by atoms with Gasteiger partial charge in [0.1, 0.15) is 17.1 Å². The van der Waals surface area contributed by atoms with Crippen molar-refractivity contribution in [1.82, 2.24) is 5.32 Å². The predicted octanol–water partition coefficient (Wildman–Crippen LogP) is 3.19. The molecule has 110 valence electrons. The first kappa shape index (κ1) is 14.9. The minimum Gasteiger partial charge on any atom is -0.496 e. The van der Waals surface area contributed by atoms with Crippen molar-refractivity contribution in [2.24, 2.45) is 0 Å². The lowest BCUT2D eigenvalue weighted by Gasteiger charge is -2.17. The van der Waals surface area contributed by atoms with Crippen LogP contribution in [0.1, 0.15) is 28.9 Å². The molecule has 0 saturated carbocycles. The molecule has 0 unspecified atom stereocenters. The number of methoxy groups -OCH3 is 2. The second kappa shape index (κ2) is 6.79. The van der Waals surface area contributed by atoms with E-state index in [1.165, 1.54) is 14.2 Å². The number of ether oxygens (including phenoxy) is 2. The molecule has 1 atom stereocenters. The van der Waals surface area contributed by atoms with Crippen molar-refractivity contribution < 1.29 is 14.3 Å². The van der Waals surface area contributed by atoms with Crippen molar-refractivity contribution in [3.05, 3.63) is 59.7 Å². The lowest BCUT2D eigenvalue weighted by molar-refractivity contribution is 0.0933. The third-order valence-electron chi connectivity index (χ3n) is 3.30. The van der Waals surface area contributed by atoms with Gasteiger partial charge in [0.2, 0.25) is 0 Å². The van der Waals surface area contributed by atoms with Crippen molar-refractivity contribution in [3.63, 3.8) is 0 Å². The summed E-state index contributed by atoms with van der Waals surface area (Å²) in [6.45, 7) is 1.94. The zero-order valence-electron chi connectivity index (χ0n) is 12.4. The summed E-state index contributed by atoms with van der Waals surface area (Å²) in [6, 6.07) is 15.0. The van der Waals surface area contributed by atoms with E-state index in [9.17, 15) is 4.79 Å². The molecule has 0 spiro atoms. The Morgan fingerprint density at radius 3 is 2.05 bits per heavy atom. The van der Waals surface area contributed by atoms with Crippen LogP contribution in [-0.2, 0) is 0 Å². The molecule has 4 nitrogen and oxygen atoms in total. The molecule has 0 bridgehead atoms. The molecule has 0 radical (unpaired) electrons. The van der Waals surface area contributed by atoms with E-state index in [0.29, 0.717) is 17.1 Å². The monoisotopic (exact) mass is 285 g/mol. The Hall–Kier alpha value is -2.49. The van der Waals surface area contributed by atoms with Gasteiger partial charge in [-0.25, -0.2) is 0 Å². The lowest BCUT2D eigenvalue weighted by atomic mass is 10.1. The van der Waals surface area contributed by atoms with E-state index in [-0.39, 0.29) is 11.9 Å². The van der Waals surface area contributed by atoms with Gasteiger partial charge in [0.25, 0.3) is 5.91 Å². The molecule has 2 aromatic rings. The van der Waals surface area contributed by atoms with Crippen LogP contribution in [0.2, 0.25) is 0 Å². The Labute approximate surface area is 124 Å². The fraction of sp³-hybridized carbons (Fsp3) is 0.235. The average molecular weight is 285 g/mol. The normalized spacial score (nSPS) is 11.6. The second-order valence-electron chi connectivity index (χ2n) is 4.64. The molecule has 21 heavy (non-hydrogen) atoms. The van der Waals surface area contributed by atoms with Crippen LogP contribution in [-0.4, -0.2) is 20.1 Å². The average Bonchev–Trinajstić information content (AvgIpc) is 2.54. The summed E-state index contributed by atoms with van der Waals surface area (Å²) in [7, 11) is 3.07. The maximum absolute atomic E-state index is 12.5. The number of amides is 1. The van der Waals surface area contributed by atoms with Crippen LogP contribution >= 0.6 is 0 Å². The first-order valence-corrected chi connectivity index (χ1v) is 6.74. The molecule has 0 aliphatic carbocycles.